The van der Waals surface area contributed by atoms with E-state index >= 15 is 0 Å². The quantitative estimate of drug-likeness (QED) is 0.470. The Kier molecular flexibility index (Phi) is 3.06. The first-order valence-corrected chi connectivity index (χ1v) is 2.12. The molecule has 3 heteroatoms. The van der Waals surface area contributed by atoms with Gasteiger partial charge in [-0.1, -0.05) is 35.8 Å². The maximum atomic E-state index is 5.01. The van der Waals surface area contributed by atoms with Gasteiger partial charge in [-0.25, -0.2) is 0 Å². The van der Waals surface area contributed by atoms with E-state index in [-0.39, 0.29) is 4.36 Å². The summed E-state index contributed by atoms with van der Waals surface area (Å²) >= 11 is 14.2. The fraction of sp³-hybridized carbons (Fsp3) is 0. The van der Waals surface area contributed by atoms with E-state index in [1.165, 1.54) is 0 Å². The summed E-state index contributed by atoms with van der Waals surface area (Å²) in [6.45, 7) is 0. The monoisotopic (exact) mass is 127 g/mol. The Balaban J connectivity index is 3.14. The Morgan fingerprint density at radius 3 is 2.00 bits per heavy atom. The molecule has 5 heavy (non-hydrogen) atoms. The summed E-state index contributed by atoms with van der Waals surface area (Å²) in [5.41, 5.74) is 1.14. The zero-order valence-electron chi connectivity index (χ0n) is 2.24. The van der Waals surface area contributed by atoms with Crippen LogP contribution in [-0.4, -0.2) is 0 Å². The molecule has 0 aromatic carbocycles. The molecule has 0 aliphatic rings. The highest BCUT2D eigenvalue weighted by molar-refractivity contribution is 7.86. The highest BCUT2D eigenvalue weighted by atomic mass is 35.5. The molecule has 0 rings (SSSR count). The first kappa shape index (κ1) is 5.54. The minimum absolute atomic E-state index is 0.201. The van der Waals surface area contributed by atoms with Gasteiger partial charge in [-0.2, -0.15) is 0 Å². The zero-order valence-corrected chi connectivity index (χ0v) is 4.57. The summed E-state index contributed by atoms with van der Waals surface area (Å²) in [4.78, 5) is 0. The second-order valence-electron chi connectivity index (χ2n) is 0.413. The highest BCUT2D eigenvalue weighted by Crippen LogP contribution is 2.05. The first-order valence-electron chi connectivity index (χ1n) is 0.900. The Bertz CT molecular complexity index is 45.6. The standard InChI is InChI=1S/C2HCl2S/c3-1-2(4)5/h1H/b2-1+. The SMILES string of the molecule is [S]/C(Cl)=C/Cl. The average molecular weight is 128 g/mol. The zero-order chi connectivity index (χ0) is 4.28. The minimum Gasteiger partial charge on any atom is -0.0904 e. The molecule has 0 saturated heterocycles. The van der Waals surface area contributed by atoms with Crippen LogP contribution in [0.15, 0.2) is 9.90 Å². The lowest BCUT2D eigenvalue weighted by Crippen LogP contribution is -1.34. The van der Waals surface area contributed by atoms with Crippen molar-refractivity contribution in [1.29, 1.82) is 0 Å². The third-order valence-electron chi connectivity index (χ3n) is 0.0858. The predicted molar refractivity (Wildman–Crippen MR) is 27.4 cm³/mol. The van der Waals surface area contributed by atoms with E-state index in [1.54, 1.807) is 0 Å². The summed E-state index contributed by atoms with van der Waals surface area (Å²) in [6.07, 6.45) is 0. The molecule has 0 unspecified atom stereocenters. The third-order valence-corrected chi connectivity index (χ3v) is 0.772. The molecule has 29 valence electrons. The molecule has 0 atom stereocenters. The summed E-state index contributed by atoms with van der Waals surface area (Å²) in [6, 6.07) is 0. The van der Waals surface area contributed by atoms with Crippen LogP contribution in [0.2, 0.25) is 0 Å². The van der Waals surface area contributed by atoms with Crippen LogP contribution in [0.4, 0.5) is 0 Å². The lowest BCUT2D eigenvalue weighted by atomic mass is 11.2. The molecule has 0 spiro atoms. The Hall–Kier alpha value is 0.540. The number of hydrogen-bond acceptors (Lipinski definition) is 0. The molecule has 0 amide bonds. The third kappa shape index (κ3) is 4.54. The van der Waals surface area contributed by atoms with Crippen molar-refractivity contribution in [3.8, 4) is 0 Å². The normalized spacial score (nSPS) is 12.0. The molecule has 0 aliphatic heterocycles. The van der Waals surface area contributed by atoms with Crippen LogP contribution in [0.25, 0.3) is 0 Å². The fourth-order valence-corrected chi connectivity index (χ4v) is 0. The van der Waals surface area contributed by atoms with Crippen LogP contribution < -0.4 is 0 Å². The largest absolute Gasteiger partial charge is 0.115 e. The second kappa shape index (κ2) is 2.76. The lowest BCUT2D eigenvalue weighted by Gasteiger charge is -1.64. The van der Waals surface area contributed by atoms with Crippen molar-refractivity contribution in [2.45, 2.75) is 0 Å². The number of hydrogen-bond donors (Lipinski definition) is 0. The van der Waals surface area contributed by atoms with Gasteiger partial charge in [0.25, 0.3) is 0 Å². The maximum Gasteiger partial charge on any atom is 0.115 e. The van der Waals surface area contributed by atoms with E-state index in [4.69, 9.17) is 23.2 Å². The predicted octanol–water partition coefficient (Wildman–Crippen LogP) is 2.46. The van der Waals surface area contributed by atoms with Crippen LogP contribution in [0.5, 0.6) is 0 Å². The van der Waals surface area contributed by atoms with Gasteiger partial charge < -0.3 is 0 Å². The first-order chi connectivity index (χ1) is 2.27. The van der Waals surface area contributed by atoms with E-state index < -0.39 is 0 Å². The van der Waals surface area contributed by atoms with E-state index in [0.29, 0.717) is 0 Å². The van der Waals surface area contributed by atoms with Crippen molar-refractivity contribution in [2.75, 3.05) is 0 Å². The number of rotatable bonds is 0. The molecule has 0 N–H and O–H groups in total. The lowest BCUT2D eigenvalue weighted by molar-refractivity contribution is 2.41. The summed E-state index contributed by atoms with van der Waals surface area (Å²) in [5.74, 6) is 0. The van der Waals surface area contributed by atoms with Crippen molar-refractivity contribution in [2.24, 2.45) is 0 Å². The van der Waals surface area contributed by atoms with E-state index in [9.17, 15) is 0 Å². The highest BCUT2D eigenvalue weighted by Gasteiger charge is 1.70. The van der Waals surface area contributed by atoms with Crippen LogP contribution in [-0.2, 0) is 0 Å². The molecule has 0 bridgehead atoms. The Morgan fingerprint density at radius 2 is 2.00 bits per heavy atom. The van der Waals surface area contributed by atoms with Crippen LogP contribution in [0, 0.1) is 0 Å². The van der Waals surface area contributed by atoms with Gasteiger partial charge in [-0.3, -0.25) is 0 Å². The van der Waals surface area contributed by atoms with Crippen LogP contribution in [0.3, 0.4) is 0 Å². The smallest absolute Gasteiger partial charge is 0.0904 e. The molecule has 0 fully saturated rings. The summed E-state index contributed by atoms with van der Waals surface area (Å²) in [5, 5.41) is 0. The molecule has 1 radical (unpaired) electrons. The molecule has 0 aromatic rings. The molecule has 0 aromatic heterocycles. The van der Waals surface area contributed by atoms with Crippen molar-refractivity contribution < 1.29 is 0 Å². The van der Waals surface area contributed by atoms with Crippen molar-refractivity contribution in [3.05, 3.63) is 9.90 Å². The van der Waals surface area contributed by atoms with E-state index in [2.05, 4.69) is 12.6 Å². The van der Waals surface area contributed by atoms with Crippen LogP contribution in [0.1, 0.15) is 0 Å². The van der Waals surface area contributed by atoms with Gasteiger partial charge in [0.1, 0.15) is 4.36 Å². The van der Waals surface area contributed by atoms with Crippen LogP contribution >= 0.6 is 35.8 Å². The summed E-state index contributed by atoms with van der Waals surface area (Å²) in [7, 11) is 0. The Labute approximate surface area is 46.2 Å². The summed E-state index contributed by atoms with van der Waals surface area (Å²) < 4.78 is 0.201. The molecule has 0 saturated carbocycles. The van der Waals surface area contributed by atoms with Crippen molar-refractivity contribution in [3.63, 3.8) is 0 Å². The van der Waals surface area contributed by atoms with Gasteiger partial charge in [0, 0.05) is 5.54 Å². The van der Waals surface area contributed by atoms with Gasteiger partial charge in [0.05, 0.1) is 0 Å². The molecular weight excluding hydrogens is 127 g/mol. The van der Waals surface area contributed by atoms with E-state index in [1.807, 2.05) is 0 Å². The molecule has 0 nitrogen and oxygen atoms in total. The molecular formula is C2HCl2S. The van der Waals surface area contributed by atoms with Gasteiger partial charge in [0.15, 0.2) is 0 Å². The van der Waals surface area contributed by atoms with Gasteiger partial charge in [-0.05, 0) is 0 Å². The minimum atomic E-state index is 0.201. The maximum absolute atomic E-state index is 5.01. The molecule has 0 heterocycles. The van der Waals surface area contributed by atoms with Crippen molar-refractivity contribution >= 4 is 35.8 Å². The fourth-order valence-electron chi connectivity index (χ4n) is 0. The van der Waals surface area contributed by atoms with Gasteiger partial charge >= 0.3 is 0 Å². The Morgan fingerprint density at radius 1 is 1.80 bits per heavy atom. The van der Waals surface area contributed by atoms with Gasteiger partial charge in [0.2, 0.25) is 0 Å². The van der Waals surface area contributed by atoms with E-state index in [0.717, 1.165) is 5.54 Å². The molecule has 0 aliphatic carbocycles. The van der Waals surface area contributed by atoms with Crippen molar-refractivity contribution in [1.82, 2.24) is 0 Å². The number of halogens is 2. The topological polar surface area (TPSA) is 0 Å². The van der Waals surface area contributed by atoms with Gasteiger partial charge in [-0.15, -0.1) is 0 Å². The average Bonchev–Trinajstić information content (AvgIpc) is 1.38. The second-order valence-corrected chi connectivity index (χ2v) is 1.70.